The van der Waals surface area contributed by atoms with Gasteiger partial charge in [0.1, 0.15) is 6.67 Å². The summed E-state index contributed by atoms with van der Waals surface area (Å²) in [5.41, 5.74) is 5.71. The largest absolute Gasteiger partial charge is 0.409 e. The number of hydrogen-bond acceptors (Lipinski definition) is 4. The van der Waals surface area contributed by atoms with E-state index < -0.39 is 0 Å². The summed E-state index contributed by atoms with van der Waals surface area (Å²) in [7, 11) is 0. The number of oxime groups is 1. The fourth-order valence-corrected chi connectivity index (χ4v) is 2.28. The van der Waals surface area contributed by atoms with E-state index in [1.165, 1.54) is 0 Å². The van der Waals surface area contributed by atoms with Crippen LogP contribution in [0.25, 0.3) is 0 Å². The van der Waals surface area contributed by atoms with Crippen LogP contribution in [0.2, 0.25) is 0 Å². The molecule has 0 radical (unpaired) electrons. The maximum Gasteiger partial charge on any atom is 0.156 e. The summed E-state index contributed by atoms with van der Waals surface area (Å²) in [4.78, 5) is 4.32. The van der Waals surface area contributed by atoms with Gasteiger partial charge in [0.2, 0.25) is 0 Å². The highest BCUT2D eigenvalue weighted by atomic mass is 19.1. The maximum atomic E-state index is 12.2. The highest BCUT2D eigenvalue weighted by molar-refractivity contribution is 5.85. The third-order valence-electron chi connectivity index (χ3n) is 3.27. The first-order chi connectivity index (χ1) is 8.22. The first-order valence-electron chi connectivity index (χ1n) is 6.22. The molecule has 1 unspecified atom stereocenters. The molecule has 0 bridgehead atoms. The Labute approximate surface area is 102 Å². The van der Waals surface area contributed by atoms with E-state index in [9.17, 15) is 4.39 Å². The first-order valence-corrected chi connectivity index (χ1v) is 6.22. The van der Waals surface area contributed by atoms with Crippen LogP contribution in [0, 0.1) is 0 Å². The second-order valence-electron chi connectivity index (χ2n) is 4.40. The lowest BCUT2D eigenvalue weighted by molar-refractivity contribution is 0.108. The van der Waals surface area contributed by atoms with Gasteiger partial charge in [0.05, 0.1) is 6.04 Å². The van der Waals surface area contributed by atoms with Crippen LogP contribution in [0.1, 0.15) is 19.8 Å². The molecule has 1 aliphatic rings. The molecule has 0 saturated carbocycles. The van der Waals surface area contributed by atoms with E-state index in [1.54, 1.807) is 0 Å². The Morgan fingerprint density at radius 1 is 1.41 bits per heavy atom. The molecule has 0 spiro atoms. The molecule has 1 fully saturated rings. The average molecular weight is 246 g/mol. The number of alkyl halides is 1. The summed E-state index contributed by atoms with van der Waals surface area (Å²) in [6, 6.07) is 0.0116. The molecule has 1 aliphatic heterocycles. The van der Waals surface area contributed by atoms with Gasteiger partial charge in [-0.05, 0) is 6.42 Å². The topological polar surface area (TPSA) is 65.1 Å². The fourth-order valence-electron chi connectivity index (χ4n) is 2.28. The normalized spacial score (nSPS) is 21.6. The van der Waals surface area contributed by atoms with Crippen molar-refractivity contribution in [2.24, 2.45) is 10.9 Å². The molecule has 5 nitrogen and oxygen atoms in total. The Kier molecular flexibility index (Phi) is 6.21. The van der Waals surface area contributed by atoms with Gasteiger partial charge in [0.15, 0.2) is 5.84 Å². The van der Waals surface area contributed by atoms with Crippen LogP contribution in [0.5, 0.6) is 0 Å². The highest BCUT2D eigenvalue weighted by Gasteiger charge is 2.25. The maximum absolute atomic E-state index is 12.2. The van der Waals surface area contributed by atoms with Crippen molar-refractivity contribution in [1.29, 1.82) is 0 Å². The minimum atomic E-state index is -0.293. The van der Waals surface area contributed by atoms with Crippen molar-refractivity contribution in [2.45, 2.75) is 25.8 Å². The second-order valence-corrected chi connectivity index (χ2v) is 4.40. The SMILES string of the molecule is CCCC(C(N)=NO)N1CCN(CCF)CC1. The smallest absolute Gasteiger partial charge is 0.156 e. The third kappa shape index (κ3) is 4.12. The zero-order chi connectivity index (χ0) is 12.7. The summed E-state index contributed by atoms with van der Waals surface area (Å²) < 4.78 is 12.2. The Morgan fingerprint density at radius 2 is 2.06 bits per heavy atom. The summed E-state index contributed by atoms with van der Waals surface area (Å²) in [6.07, 6.45) is 1.88. The molecule has 1 rings (SSSR count). The van der Waals surface area contributed by atoms with E-state index >= 15 is 0 Å². The molecule has 3 N–H and O–H groups in total. The van der Waals surface area contributed by atoms with E-state index in [0.717, 1.165) is 39.0 Å². The standard InChI is InChI=1S/C11H23FN4O/c1-2-3-10(11(13)14-17)16-8-6-15(5-4-12)7-9-16/h10,17H,2-9H2,1H3,(H2,13,14). The Morgan fingerprint density at radius 3 is 2.53 bits per heavy atom. The van der Waals surface area contributed by atoms with Crippen molar-refractivity contribution in [1.82, 2.24) is 9.80 Å². The predicted octanol–water partition coefficient (Wildman–Crippen LogP) is 0.489. The van der Waals surface area contributed by atoms with Gasteiger partial charge in [-0.2, -0.15) is 0 Å². The number of halogens is 1. The van der Waals surface area contributed by atoms with Gasteiger partial charge >= 0.3 is 0 Å². The summed E-state index contributed by atoms with van der Waals surface area (Å²) >= 11 is 0. The zero-order valence-corrected chi connectivity index (χ0v) is 10.5. The van der Waals surface area contributed by atoms with Crippen molar-refractivity contribution in [3.8, 4) is 0 Å². The Bertz CT molecular complexity index is 242. The van der Waals surface area contributed by atoms with Gasteiger partial charge in [-0.1, -0.05) is 18.5 Å². The van der Waals surface area contributed by atoms with Gasteiger partial charge in [-0.25, -0.2) is 4.39 Å². The van der Waals surface area contributed by atoms with E-state index in [2.05, 4.69) is 21.9 Å². The lowest BCUT2D eigenvalue weighted by atomic mass is 10.1. The van der Waals surface area contributed by atoms with Crippen molar-refractivity contribution in [3.05, 3.63) is 0 Å². The van der Waals surface area contributed by atoms with Crippen LogP contribution in [-0.2, 0) is 0 Å². The van der Waals surface area contributed by atoms with E-state index in [-0.39, 0.29) is 18.6 Å². The van der Waals surface area contributed by atoms with Gasteiger partial charge in [0, 0.05) is 32.7 Å². The summed E-state index contributed by atoms with van der Waals surface area (Å²) in [5, 5.41) is 11.9. The van der Waals surface area contributed by atoms with E-state index in [0.29, 0.717) is 6.54 Å². The molecule has 0 amide bonds. The summed E-state index contributed by atoms with van der Waals surface area (Å²) in [5.74, 6) is 0.283. The molecule has 6 heteroatoms. The van der Waals surface area contributed by atoms with Gasteiger partial charge in [-0.15, -0.1) is 0 Å². The highest BCUT2D eigenvalue weighted by Crippen LogP contribution is 2.11. The second kappa shape index (κ2) is 7.45. The minimum absolute atomic E-state index is 0.0116. The number of nitrogens with two attached hydrogens (primary N) is 1. The van der Waals surface area contributed by atoms with Crippen LogP contribution in [0.4, 0.5) is 4.39 Å². The van der Waals surface area contributed by atoms with Crippen molar-refractivity contribution < 1.29 is 9.60 Å². The van der Waals surface area contributed by atoms with Crippen LogP contribution >= 0.6 is 0 Å². The molecule has 17 heavy (non-hydrogen) atoms. The number of nitrogens with zero attached hydrogens (tertiary/aromatic N) is 3. The lowest BCUT2D eigenvalue weighted by Gasteiger charge is -2.38. The van der Waals surface area contributed by atoms with Crippen LogP contribution in [-0.4, -0.2) is 66.3 Å². The quantitative estimate of drug-likeness (QED) is 0.310. The van der Waals surface area contributed by atoms with E-state index in [4.69, 9.17) is 10.9 Å². The molecule has 0 aromatic carbocycles. The monoisotopic (exact) mass is 246 g/mol. The minimum Gasteiger partial charge on any atom is -0.409 e. The molecule has 1 heterocycles. The fraction of sp³-hybridized carbons (Fsp3) is 0.909. The van der Waals surface area contributed by atoms with Crippen LogP contribution in [0.15, 0.2) is 5.16 Å². The molecular weight excluding hydrogens is 223 g/mol. The molecule has 100 valence electrons. The van der Waals surface area contributed by atoms with Gasteiger partial charge < -0.3 is 10.9 Å². The van der Waals surface area contributed by atoms with Crippen LogP contribution < -0.4 is 5.73 Å². The Hall–Kier alpha value is -0.880. The van der Waals surface area contributed by atoms with E-state index in [1.807, 2.05) is 0 Å². The lowest BCUT2D eigenvalue weighted by Crippen LogP contribution is -2.54. The van der Waals surface area contributed by atoms with Crippen molar-refractivity contribution >= 4 is 5.84 Å². The van der Waals surface area contributed by atoms with Gasteiger partial charge in [-0.3, -0.25) is 9.80 Å². The molecule has 0 aromatic heterocycles. The van der Waals surface area contributed by atoms with Crippen molar-refractivity contribution in [3.63, 3.8) is 0 Å². The Balaban J connectivity index is 2.49. The number of rotatable bonds is 6. The number of amidine groups is 1. The third-order valence-corrected chi connectivity index (χ3v) is 3.27. The zero-order valence-electron chi connectivity index (χ0n) is 10.5. The van der Waals surface area contributed by atoms with Crippen LogP contribution in [0.3, 0.4) is 0 Å². The number of hydrogen-bond donors (Lipinski definition) is 2. The van der Waals surface area contributed by atoms with Crippen molar-refractivity contribution in [2.75, 3.05) is 39.4 Å². The molecule has 1 saturated heterocycles. The molecule has 0 aliphatic carbocycles. The molecule has 1 atom stereocenters. The number of piperazine rings is 1. The molecule has 0 aromatic rings. The first kappa shape index (κ1) is 14.2. The average Bonchev–Trinajstić information content (AvgIpc) is 2.37. The molecular formula is C11H23FN4O. The summed E-state index contributed by atoms with van der Waals surface area (Å²) in [6.45, 7) is 5.69. The van der Waals surface area contributed by atoms with Gasteiger partial charge in [0.25, 0.3) is 0 Å². The predicted molar refractivity (Wildman–Crippen MR) is 66.1 cm³/mol.